The van der Waals surface area contributed by atoms with Gasteiger partial charge in [-0.1, -0.05) is 18.5 Å². The second kappa shape index (κ2) is 4.66. The molecule has 1 aromatic heterocycles. The number of carboxylic acid groups (broad SMARTS) is 1. The average Bonchev–Trinajstić information content (AvgIpc) is 2.45. The van der Waals surface area contributed by atoms with Crippen molar-refractivity contribution >= 4 is 17.6 Å². The van der Waals surface area contributed by atoms with E-state index in [0.29, 0.717) is 5.02 Å². The zero-order chi connectivity index (χ0) is 11.6. The summed E-state index contributed by atoms with van der Waals surface area (Å²) in [6.45, 7) is 5.82. The molecule has 1 atom stereocenters. The zero-order valence-corrected chi connectivity index (χ0v) is 9.82. The topological polar surface area (TPSA) is 55.1 Å². The van der Waals surface area contributed by atoms with E-state index in [1.54, 1.807) is 10.9 Å². The molecule has 0 radical (unpaired) electrons. The smallest absolute Gasteiger partial charge is 0.304 e. The maximum atomic E-state index is 10.6. The molecule has 0 saturated heterocycles. The maximum absolute atomic E-state index is 10.6. The summed E-state index contributed by atoms with van der Waals surface area (Å²) >= 11 is 5.99. The second-order valence-corrected chi connectivity index (χ2v) is 4.32. The Balaban J connectivity index is 3.00. The minimum absolute atomic E-state index is 0.0676. The number of aliphatic carboxylic acids is 1. The monoisotopic (exact) mass is 230 g/mol. The van der Waals surface area contributed by atoms with Crippen molar-refractivity contribution < 1.29 is 9.90 Å². The molecule has 1 N–H and O–H groups in total. The molecule has 0 aromatic carbocycles. The third-order valence-electron chi connectivity index (χ3n) is 2.22. The van der Waals surface area contributed by atoms with Crippen LogP contribution in [0.1, 0.15) is 44.8 Å². The lowest BCUT2D eigenvalue weighted by Crippen LogP contribution is -2.12. The van der Waals surface area contributed by atoms with Crippen molar-refractivity contribution in [2.75, 3.05) is 0 Å². The first-order chi connectivity index (χ1) is 6.93. The highest BCUT2D eigenvalue weighted by molar-refractivity contribution is 6.31. The SMILES string of the molecule is CC(CC(=O)O)c1c(Cl)cnn1C(C)C. The molecule has 0 amide bonds. The number of hydrogen-bond acceptors (Lipinski definition) is 2. The average molecular weight is 231 g/mol. The predicted octanol–water partition coefficient (Wildman–Crippen LogP) is 2.70. The molecule has 5 heteroatoms. The molecular formula is C10H15ClN2O2. The first-order valence-corrected chi connectivity index (χ1v) is 5.26. The summed E-state index contributed by atoms with van der Waals surface area (Å²) in [5.41, 5.74) is 0.800. The fourth-order valence-corrected chi connectivity index (χ4v) is 1.90. The number of aromatic nitrogens is 2. The van der Waals surface area contributed by atoms with Crippen LogP contribution in [0.4, 0.5) is 0 Å². The van der Waals surface area contributed by atoms with Gasteiger partial charge in [-0.15, -0.1) is 0 Å². The van der Waals surface area contributed by atoms with Crippen molar-refractivity contribution in [2.24, 2.45) is 0 Å². The third kappa shape index (κ3) is 2.72. The van der Waals surface area contributed by atoms with Crippen molar-refractivity contribution in [3.8, 4) is 0 Å². The Hall–Kier alpha value is -1.03. The fourth-order valence-electron chi connectivity index (χ4n) is 1.58. The summed E-state index contributed by atoms with van der Waals surface area (Å²) < 4.78 is 1.77. The molecule has 0 bridgehead atoms. The minimum Gasteiger partial charge on any atom is -0.481 e. The molecule has 1 aromatic rings. The molecule has 0 saturated carbocycles. The number of rotatable bonds is 4. The molecule has 15 heavy (non-hydrogen) atoms. The van der Waals surface area contributed by atoms with Crippen LogP contribution in [0.3, 0.4) is 0 Å². The van der Waals surface area contributed by atoms with Crippen LogP contribution >= 0.6 is 11.6 Å². The van der Waals surface area contributed by atoms with Crippen LogP contribution in [0.5, 0.6) is 0 Å². The first kappa shape index (κ1) is 12.0. The third-order valence-corrected chi connectivity index (χ3v) is 2.51. The highest BCUT2D eigenvalue weighted by Gasteiger charge is 2.20. The van der Waals surface area contributed by atoms with Crippen molar-refractivity contribution in [1.82, 2.24) is 9.78 Å². The number of halogens is 1. The zero-order valence-electron chi connectivity index (χ0n) is 9.07. The van der Waals surface area contributed by atoms with Gasteiger partial charge in [-0.2, -0.15) is 5.10 Å². The van der Waals surface area contributed by atoms with Gasteiger partial charge in [0.15, 0.2) is 0 Å². The van der Waals surface area contributed by atoms with E-state index in [1.807, 2.05) is 20.8 Å². The van der Waals surface area contributed by atoms with E-state index in [2.05, 4.69) is 5.10 Å². The van der Waals surface area contributed by atoms with Gasteiger partial charge in [0, 0.05) is 12.0 Å². The molecule has 1 unspecified atom stereocenters. The largest absolute Gasteiger partial charge is 0.481 e. The van der Waals surface area contributed by atoms with Crippen LogP contribution in [-0.2, 0) is 4.79 Å². The highest BCUT2D eigenvalue weighted by atomic mass is 35.5. The van der Waals surface area contributed by atoms with E-state index >= 15 is 0 Å². The predicted molar refractivity (Wildman–Crippen MR) is 58.3 cm³/mol. The van der Waals surface area contributed by atoms with E-state index in [4.69, 9.17) is 16.7 Å². The van der Waals surface area contributed by atoms with Crippen molar-refractivity contribution in [2.45, 2.75) is 39.2 Å². The van der Waals surface area contributed by atoms with Crippen LogP contribution in [0.15, 0.2) is 6.20 Å². The summed E-state index contributed by atoms with van der Waals surface area (Å²) in [4.78, 5) is 10.6. The summed E-state index contributed by atoms with van der Waals surface area (Å²) in [7, 11) is 0. The van der Waals surface area contributed by atoms with Crippen LogP contribution in [0.2, 0.25) is 5.02 Å². The quantitative estimate of drug-likeness (QED) is 0.865. The Morgan fingerprint density at radius 1 is 1.60 bits per heavy atom. The van der Waals surface area contributed by atoms with Gasteiger partial charge in [0.05, 0.1) is 23.3 Å². The van der Waals surface area contributed by atoms with E-state index in [1.165, 1.54) is 0 Å². The van der Waals surface area contributed by atoms with Crippen LogP contribution < -0.4 is 0 Å². The van der Waals surface area contributed by atoms with E-state index in [-0.39, 0.29) is 18.4 Å². The Morgan fingerprint density at radius 2 is 2.20 bits per heavy atom. The minimum atomic E-state index is -0.824. The van der Waals surface area contributed by atoms with E-state index in [9.17, 15) is 4.79 Å². The molecule has 0 aliphatic rings. The van der Waals surface area contributed by atoms with Gasteiger partial charge in [-0.3, -0.25) is 9.48 Å². The molecular weight excluding hydrogens is 216 g/mol. The van der Waals surface area contributed by atoms with E-state index < -0.39 is 5.97 Å². The summed E-state index contributed by atoms with van der Waals surface area (Å²) in [6.07, 6.45) is 1.63. The highest BCUT2D eigenvalue weighted by Crippen LogP contribution is 2.28. The number of nitrogens with zero attached hydrogens (tertiary/aromatic N) is 2. The van der Waals surface area contributed by atoms with Gasteiger partial charge in [0.1, 0.15) is 0 Å². The Labute approximate surface area is 93.9 Å². The number of carbonyl (C=O) groups is 1. The summed E-state index contributed by atoms with van der Waals surface area (Å²) in [5, 5.41) is 13.4. The lowest BCUT2D eigenvalue weighted by atomic mass is 10.0. The van der Waals surface area contributed by atoms with Crippen molar-refractivity contribution in [3.05, 3.63) is 16.9 Å². The Bertz CT molecular complexity index is 360. The Kier molecular flexibility index (Phi) is 3.74. The van der Waals surface area contributed by atoms with Gasteiger partial charge in [-0.05, 0) is 13.8 Å². The van der Waals surface area contributed by atoms with Crippen LogP contribution in [0.25, 0.3) is 0 Å². The number of carboxylic acids is 1. The van der Waals surface area contributed by atoms with Crippen molar-refractivity contribution in [3.63, 3.8) is 0 Å². The van der Waals surface area contributed by atoms with Crippen LogP contribution in [0, 0.1) is 0 Å². The fraction of sp³-hybridized carbons (Fsp3) is 0.600. The number of hydrogen-bond donors (Lipinski definition) is 1. The van der Waals surface area contributed by atoms with Gasteiger partial charge in [-0.25, -0.2) is 0 Å². The Morgan fingerprint density at radius 3 is 2.67 bits per heavy atom. The second-order valence-electron chi connectivity index (χ2n) is 3.91. The molecule has 1 rings (SSSR count). The van der Waals surface area contributed by atoms with E-state index in [0.717, 1.165) is 5.69 Å². The molecule has 0 spiro atoms. The molecule has 0 aliphatic heterocycles. The van der Waals surface area contributed by atoms with Crippen LogP contribution in [-0.4, -0.2) is 20.9 Å². The molecule has 84 valence electrons. The molecule has 0 fully saturated rings. The molecule has 4 nitrogen and oxygen atoms in total. The maximum Gasteiger partial charge on any atom is 0.304 e. The van der Waals surface area contributed by atoms with Gasteiger partial charge < -0.3 is 5.11 Å². The van der Waals surface area contributed by atoms with Crippen molar-refractivity contribution in [1.29, 1.82) is 0 Å². The molecule has 1 heterocycles. The standard InChI is InChI=1S/C10H15ClN2O2/c1-6(2)13-10(8(11)5-12-13)7(3)4-9(14)15/h5-7H,4H2,1-3H3,(H,14,15). The molecule has 0 aliphatic carbocycles. The van der Waals surface area contributed by atoms with Gasteiger partial charge >= 0.3 is 5.97 Å². The van der Waals surface area contributed by atoms with Gasteiger partial charge in [0.2, 0.25) is 0 Å². The lowest BCUT2D eigenvalue weighted by molar-refractivity contribution is -0.137. The van der Waals surface area contributed by atoms with Gasteiger partial charge in [0.25, 0.3) is 0 Å². The summed E-state index contributed by atoms with van der Waals surface area (Å²) in [5.74, 6) is -0.949. The first-order valence-electron chi connectivity index (χ1n) is 4.88. The summed E-state index contributed by atoms with van der Waals surface area (Å²) in [6, 6.07) is 0.184. The lowest BCUT2D eigenvalue weighted by Gasteiger charge is -2.15. The normalized spacial score (nSPS) is 13.1.